The number of rotatable bonds is 2. The number of amides is 1. The first-order chi connectivity index (χ1) is 8.66. The molecule has 4 heteroatoms. The Morgan fingerprint density at radius 3 is 2.83 bits per heavy atom. The Balaban J connectivity index is 1.82. The number of likely N-dealkylation sites (tertiary alicyclic amines) is 1. The average Bonchev–Trinajstić information content (AvgIpc) is 2.40. The van der Waals surface area contributed by atoms with E-state index in [9.17, 15) is 4.79 Å². The molecule has 1 fully saturated rings. The van der Waals surface area contributed by atoms with Gasteiger partial charge in [-0.15, -0.1) is 0 Å². The number of carbonyl (C=O) groups excluding carboxylic acids is 1. The van der Waals surface area contributed by atoms with E-state index in [4.69, 9.17) is 10.5 Å². The second kappa shape index (κ2) is 5.87. The lowest BCUT2D eigenvalue weighted by molar-refractivity contribution is 0.0772. The Morgan fingerprint density at radius 2 is 2.17 bits per heavy atom. The van der Waals surface area contributed by atoms with E-state index in [-0.39, 0.29) is 12.1 Å². The maximum absolute atomic E-state index is 11.9. The zero-order valence-corrected chi connectivity index (χ0v) is 10.7. The van der Waals surface area contributed by atoms with Crippen molar-refractivity contribution in [3.05, 3.63) is 35.9 Å². The Hall–Kier alpha value is -1.55. The lowest BCUT2D eigenvalue weighted by Crippen LogP contribution is -2.48. The monoisotopic (exact) mass is 248 g/mol. The predicted octanol–water partition coefficient (Wildman–Crippen LogP) is 1.99. The summed E-state index contributed by atoms with van der Waals surface area (Å²) in [5.74, 6) is 0.336. The molecule has 1 aliphatic rings. The van der Waals surface area contributed by atoms with Crippen molar-refractivity contribution in [2.24, 2.45) is 11.7 Å². The number of nitrogens with zero attached hydrogens (tertiary/aromatic N) is 1. The van der Waals surface area contributed by atoms with Crippen LogP contribution in [0.1, 0.15) is 18.9 Å². The van der Waals surface area contributed by atoms with Crippen LogP contribution in [0.15, 0.2) is 30.3 Å². The molecule has 1 aliphatic heterocycles. The van der Waals surface area contributed by atoms with E-state index in [0.717, 1.165) is 12.0 Å². The number of hydrogen-bond acceptors (Lipinski definition) is 3. The summed E-state index contributed by atoms with van der Waals surface area (Å²) in [6.07, 6.45) is 0.610. The van der Waals surface area contributed by atoms with Crippen molar-refractivity contribution in [1.82, 2.24) is 4.90 Å². The van der Waals surface area contributed by atoms with Crippen LogP contribution in [-0.4, -0.2) is 30.1 Å². The van der Waals surface area contributed by atoms with Crippen LogP contribution in [0.5, 0.6) is 0 Å². The molecule has 2 atom stereocenters. The van der Waals surface area contributed by atoms with Gasteiger partial charge in [-0.2, -0.15) is 0 Å². The van der Waals surface area contributed by atoms with E-state index in [0.29, 0.717) is 25.6 Å². The van der Waals surface area contributed by atoms with Crippen LogP contribution in [0.3, 0.4) is 0 Å². The fourth-order valence-electron chi connectivity index (χ4n) is 2.14. The Labute approximate surface area is 108 Å². The van der Waals surface area contributed by atoms with E-state index in [1.165, 1.54) is 0 Å². The molecule has 4 nitrogen and oxygen atoms in total. The van der Waals surface area contributed by atoms with Crippen molar-refractivity contribution in [1.29, 1.82) is 0 Å². The van der Waals surface area contributed by atoms with Crippen LogP contribution < -0.4 is 5.73 Å². The molecule has 1 heterocycles. The quantitative estimate of drug-likeness (QED) is 0.870. The number of hydrogen-bond donors (Lipinski definition) is 1. The van der Waals surface area contributed by atoms with Crippen LogP contribution >= 0.6 is 0 Å². The second-order valence-corrected chi connectivity index (χ2v) is 4.92. The molecule has 0 spiro atoms. The molecule has 0 saturated carbocycles. The first kappa shape index (κ1) is 12.9. The predicted molar refractivity (Wildman–Crippen MR) is 70.0 cm³/mol. The highest BCUT2D eigenvalue weighted by Crippen LogP contribution is 2.16. The molecule has 0 radical (unpaired) electrons. The summed E-state index contributed by atoms with van der Waals surface area (Å²) in [5.41, 5.74) is 6.93. The third-order valence-corrected chi connectivity index (χ3v) is 3.43. The zero-order chi connectivity index (χ0) is 13.0. The minimum atomic E-state index is -0.238. The smallest absolute Gasteiger partial charge is 0.410 e. The number of carbonyl (C=O) groups is 1. The molecule has 0 aromatic heterocycles. The molecular weight excluding hydrogens is 228 g/mol. The summed E-state index contributed by atoms with van der Waals surface area (Å²) in [5, 5.41) is 0. The highest BCUT2D eigenvalue weighted by atomic mass is 16.6. The minimum Gasteiger partial charge on any atom is -0.445 e. The van der Waals surface area contributed by atoms with Gasteiger partial charge in [-0.3, -0.25) is 0 Å². The lowest BCUT2D eigenvalue weighted by Gasteiger charge is -2.34. The molecule has 1 amide bonds. The average molecular weight is 248 g/mol. The topological polar surface area (TPSA) is 55.6 Å². The van der Waals surface area contributed by atoms with E-state index < -0.39 is 0 Å². The molecule has 0 aliphatic carbocycles. The number of ether oxygens (including phenoxy) is 1. The van der Waals surface area contributed by atoms with E-state index in [2.05, 4.69) is 6.92 Å². The molecule has 0 unspecified atom stereocenters. The Morgan fingerprint density at radius 1 is 1.44 bits per heavy atom. The fraction of sp³-hybridized carbons (Fsp3) is 0.500. The molecule has 2 rings (SSSR count). The van der Waals surface area contributed by atoms with Crippen LogP contribution in [0.2, 0.25) is 0 Å². The fourth-order valence-corrected chi connectivity index (χ4v) is 2.14. The van der Waals surface area contributed by atoms with E-state index >= 15 is 0 Å². The van der Waals surface area contributed by atoms with Crippen LogP contribution in [-0.2, 0) is 11.3 Å². The number of benzene rings is 1. The van der Waals surface area contributed by atoms with E-state index in [1.807, 2.05) is 30.3 Å². The highest BCUT2D eigenvalue weighted by Gasteiger charge is 2.26. The van der Waals surface area contributed by atoms with Crippen LogP contribution in [0.4, 0.5) is 4.79 Å². The van der Waals surface area contributed by atoms with E-state index in [1.54, 1.807) is 4.90 Å². The van der Waals surface area contributed by atoms with Gasteiger partial charge in [0.2, 0.25) is 0 Å². The SMILES string of the molecule is C[C@@H]1CN(C(=O)OCc2ccccc2)CC[C@@H]1N. The molecule has 1 aromatic rings. The van der Waals surface area contributed by atoms with Crippen molar-refractivity contribution in [3.63, 3.8) is 0 Å². The van der Waals surface area contributed by atoms with Crippen molar-refractivity contribution < 1.29 is 9.53 Å². The van der Waals surface area contributed by atoms with Crippen molar-refractivity contribution >= 4 is 6.09 Å². The van der Waals surface area contributed by atoms with Gasteiger partial charge in [0, 0.05) is 19.1 Å². The third kappa shape index (κ3) is 3.23. The van der Waals surface area contributed by atoms with Crippen LogP contribution in [0, 0.1) is 5.92 Å². The van der Waals surface area contributed by atoms with Gasteiger partial charge in [-0.1, -0.05) is 37.3 Å². The first-order valence-corrected chi connectivity index (χ1v) is 6.38. The normalized spacial score (nSPS) is 23.8. The summed E-state index contributed by atoms with van der Waals surface area (Å²) >= 11 is 0. The third-order valence-electron chi connectivity index (χ3n) is 3.43. The molecule has 98 valence electrons. The molecule has 0 bridgehead atoms. The second-order valence-electron chi connectivity index (χ2n) is 4.92. The highest BCUT2D eigenvalue weighted by molar-refractivity contribution is 5.67. The van der Waals surface area contributed by atoms with Crippen molar-refractivity contribution in [3.8, 4) is 0 Å². The standard InChI is InChI=1S/C14H20N2O2/c1-11-9-16(8-7-13(11)15)14(17)18-10-12-5-3-2-4-6-12/h2-6,11,13H,7-10,15H2,1H3/t11-,13+/m1/s1. The summed E-state index contributed by atoms with van der Waals surface area (Å²) in [4.78, 5) is 13.6. The molecule has 1 saturated heterocycles. The lowest BCUT2D eigenvalue weighted by atomic mass is 9.95. The first-order valence-electron chi connectivity index (χ1n) is 6.38. The van der Waals surface area contributed by atoms with Gasteiger partial charge >= 0.3 is 6.09 Å². The maximum atomic E-state index is 11.9. The van der Waals surface area contributed by atoms with Gasteiger partial charge in [-0.25, -0.2) is 4.79 Å². The van der Waals surface area contributed by atoms with Crippen molar-refractivity contribution in [2.45, 2.75) is 26.0 Å². The van der Waals surface area contributed by atoms with Crippen LogP contribution in [0.25, 0.3) is 0 Å². The van der Waals surface area contributed by atoms with Gasteiger partial charge in [0.1, 0.15) is 6.61 Å². The number of piperidine rings is 1. The van der Waals surface area contributed by atoms with Crippen molar-refractivity contribution in [2.75, 3.05) is 13.1 Å². The molecular formula is C14H20N2O2. The summed E-state index contributed by atoms with van der Waals surface area (Å²) in [7, 11) is 0. The largest absolute Gasteiger partial charge is 0.445 e. The Bertz CT molecular complexity index is 394. The maximum Gasteiger partial charge on any atom is 0.410 e. The molecule has 1 aromatic carbocycles. The molecule has 2 N–H and O–H groups in total. The summed E-state index contributed by atoms with van der Waals surface area (Å²) < 4.78 is 5.30. The van der Waals surface area contributed by atoms with Gasteiger partial charge in [-0.05, 0) is 17.9 Å². The van der Waals surface area contributed by atoms with Gasteiger partial charge < -0.3 is 15.4 Å². The zero-order valence-electron chi connectivity index (χ0n) is 10.7. The number of nitrogens with two attached hydrogens (primary N) is 1. The molecule has 18 heavy (non-hydrogen) atoms. The van der Waals surface area contributed by atoms with Gasteiger partial charge in [0.25, 0.3) is 0 Å². The van der Waals surface area contributed by atoms with Gasteiger partial charge in [0.15, 0.2) is 0 Å². The van der Waals surface area contributed by atoms with Gasteiger partial charge in [0.05, 0.1) is 0 Å². The summed E-state index contributed by atoms with van der Waals surface area (Å²) in [6, 6.07) is 9.91. The Kier molecular flexibility index (Phi) is 4.20. The minimum absolute atomic E-state index is 0.197. The summed E-state index contributed by atoms with van der Waals surface area (Å²) in [6.45, 7) is 3.78.